The summed E-state index contributed by atoms with van der Waals surface area (Å²) in [4.78, 5) is 14.9. The van der Waals surface area contributed by atoms with Crippen LogP contribution in [0.5, 0.6) is 0 Å². The maximum Gasteiger partial charge on any atom is 0.164 e. The van der Waals surface area contributed by atoms with Gasteiger partial charge in [0.1, 0.15) is 0 Å². The zero-order chi connectivity index (χ0) is 35.7. The average molecular weight is 691 g/mol. The van der Waals surface area contributed by atoms with E-state index in [0.717, 1.165) is 34.2 Å². The smallest absolute Gasteiger partial charge is 0.164 e. The minimum Gasteiger partial charge on any atom is -0.309 e. The molecule has 54 heavy (non-hydrogen) atoms. The molecule has 9 aromatic rings. The first-order chi connectivity index (χ1) is 26.5. The van der Waals surface area contributed by atoms with Crippen LogP contribution in [0.3, 0.4) is 0 Å². The molecule has 7 aromatic carbocycles. The van der Waals surface area contributed by atoms with E-state index in [-0.39, 0.29) is 5.41 Å². The van der Waals surface area contributed by atoms with Crippen LogP contribution >= 0.6 is 0 Å². The molecule has 4 nitrogen and oxygen atoms in total. The highest BCUT2D eigenvalue weighted by Crippen LogP contribution is 2.58. The molecule has 4 heteroatoms. The molecule has 0 fully saturated rings. The maximum absolute atomic E-state index is 5.01. The normalized spacial score (nSPS) is 15.9. The van der Waals surface area contributed by atoms with E-state index in [1.54, 1.807) is 5.56 Å². The van der Waals surface area contributed by atoms with Gasteiger partial charge in [-0.1, -0.05) is 141 Å². The van der Waals surface area contributed by atoms with Gasteiger partial charge in [-0.25, -0.2) is 15.0 Å². The van der Waals surface area contributed by atoms with Gasteiger partial charge in [-0.3, -0.25) is 0 Å². The van der Waals surface area contributed by atoms with Crippen LogP contribution in [0.15, 0.2) is 140 Å². The number of rotatable bonds is 5. The van der Waals surface area contributed by atoms with E-state index >= 15 is 0 Å². The Morgan fingerprint density at radius 2 is 1.20 bits per heavy atom. The SMILES string of the molecule is CC1(C)c2ccc3c4c2c2c5c(ccc6c5c4c(n6-c4cccc(-c5cccc(-c6nc(-c7ccccc7)nc(-c7ccccc7)n6)c5)c4)=CC3)C=CC21. The van der Waals surface area contributed by atoms with Crippen molar-refractivity contribution < 1.29 is 0 Å². The molecule has 2 heterocycles. The van der Waals surface area contributed by atoms with Crippen LogP contribution in [-0.4, -0.2) is 19.5 Å². The minimum absolute atomic E-state index is 0.0627. The predicted octanol–water partition coefficient (Wildman–Crippen LogP) is 11.2. The van der Waals surface area contributed by atoms with E-state index in [9.17, 15) is 0 Å². The van der Waals surface area contributed by atoms with Crippen LogP contribution in [0.25, 0.3) is 95.6 Å². The predicted molar refractivity (Wildman–Crippen MR) is 222 cm³/mol. The van der Waals surface area contributed by atoms with Crippen LogP contribution in [0.4, 0.5) is 0 Å². The fraction of sp³-hybridized carbons (Fsp3) is 0.100. The lowest BCUT2D eigenvalue weighted by molar-refractivity contribution is 0.494. The standard InChI is InChI=1S/C50H34N4/c1-50(2)37-23-19-29-21-25-39-45-41(29)43(37)44-38(50)24-20-30-22-26-40(46(45)42(30)44)54(39)36-18-10-16-34(28-36)33-15-9-17-35(27-33)49-52-47(31-11-5-3-6-12-31)51-48(53-49)32-13-7-4-8-14-32/h3-21,23-28,37H,22H2,1-2H3. The molecule has 12 rings (SSSR count). The highest BCUT2D eigenvalue weighted by molar-refractivity contribution is 6.28. The van der Waals surface area contributed by atoms with Gasteiger partial charge in [0, 0.05) is 44.5 Å². The topological polar surface area (TPSA) is 43.6 Å². The third-order valence-corrected chi connectivity index (χ3v) is 12.3. The zero-order valence-corrected chi connectivity index (χ0v) is 30.0. The van der Waals surface area contributed by atoms with Gasteiger partial charge in [0.05, 0.1) is 10.9 Å². The fourth-order valence-electron chi connectivity index (χ4n) is 9.80. The summed E-state index contributed by atoms with van der Waals surface area (Å²) in [7, 11) is 0. The Morgan fingerprint density at radius 3 is 1.94 bits per heavy atom. The van der Waals surface area contributed by atoms with E-state index < -0.39 is 0 Å². The third kappa shape index (κ3) is 4.00. The van der Waals surface area contributed by atoms with Crippen molar-refractivity contribution in [1.29, 1.82) is 0 Å². The van der Waals surface area contributed by atoms with Crippen molar-refractivity contribution in [1.82, 2.24) is 19.5 Å². The van der Waals surface area contributed by atoms with Crippen LogP contribution in [0, 0.1) is 0 Å². The summed E-state index contributed by atoms with van der Waals surface area (Å²) >= 11 is 0. The third-order valence-electron chi connectivity index (χ3n) is 12.3. The van der Waals surface area contributed by atoms with Crippen molar-refractivity contribution in [3.8, 4) is 51.0 Å². The summed E-state index contributed by atoms with van der Waals surface area (Å²) in [5, 5.41) is 8.58. The zero-order valence-electron chi connectivity index (χ0n) is 30.0. The summed E-state index contributed by atoms with van der Waals surface area (Å²) < 4.78 is 2.52. The maximum atomic E-state index is 5.01. The van der Waals surface area contributed by atoms with Crippen molar-refractivity contribution >= 4 is 44.6 Å². The molecular weight excluding hydrogens is 657 g/mol. The lowest BCUT2D eigenvalue weighted by atomic mass is 9.74. The van der Waals surface area contributed by atoms with Crippen LogP contribution < -0.4 is 5.35 Å². The van der Waals surface area contributed by atoms with Gasteiger partial charge in [-0.05, 0) is 80.2 Å². The summed E-state index contributed by atoms with van der Waals surface area (Å²) in [6, 6.07) is 47.4. The van der Waals surface area contributed by atoms with E-state index in [4.69, 9.17) is 15.0 Å². The molecule has 1 unspecified atom stereocenters. The van der Waals surface area contributed by atoms with Gasteiger partial charge in [-0.2, -0.15) is 0 Å². The summed E-state index contributed by atoms with van der Waals surface area (Å²) in [6.07, 6.45) is 8.24. The summed E-state index contributed by atoms with van der Waals surface area (Å²) in [5.41, 5.74) is 13.5. The second kappa shape index (κ2) is 10.7. The highest BCUT2D eigenvalue weighted by Gasteiger charge is 2.43. The van der Waals surface area contributed by atoms with Gasteiger partial charge in [0.25, 0.3) is 0 Å². The second-order valence-corrected chi connectivity index (χ2v) is 15.6. The van der Waals surface area contributed by atoms with Gasteiger partial charge in [-0.15, -0.1) is 0 Å². The molecule has 0 amide bonds. The van der Waals surface area contributed by atoms with Gasteiger partial charge in [0.2, 0.25) is 0 Å². The Balaban J connectivity index is 1.04. The minimum atomic E-state index is 0.0627. The molecule has 1 atom stereocenters. The Labute approximate surface area is 312 Å². The molecule has 0 aliphatic heterocycles. The Morgan fingerprint density at radius 1 is 0.556 bits per heavy atom. The van der Waals surface area contributed by atoms with Crippen LogP contribution in [0.2, 0.25) is 0 Å². The Hall–Kier alpha value is -6.65. The van der Waals surface area contributed by atoms with Crippen molar-refractivity contribution in [3.63, 3.8) is 0 Å². The van der Waals surface area contributed by atoms with E-state index in [0.29, 0.717) is 23.4 Å². The van der Waals surface area contributed by atoms with Crippen molar-refractivity contribution in [2.75, 3.05) is 0 Å². The molecule has 3 aliphatic rings. The van der Waals surface area contributed by atoms with Crippen molar-refractivity contribution in [3.05, 3.63) is 167 Å². The summed E-state index contributed by atoms with van der Waals surface area (Å²) in [6.45, 7) is 4.87. The average Bonchev–Trinajstić information content (AvgIpc) is 3.70. The highest BCUT2D eigenvalue weighted by atomic mass is 15.0. The Bertz CT molecular complexity index is 3090. The summed E-state index contributed by atoms with van der Waals surface area (Å²) in [5.74, 6) is 2.36. The first-order valence-electron chi connectivity index (χ1n) is 18.9. The lowest BCUT2D eigenvalue weighted by Crippen LogP contribution is -2.21. The number of nitrogens with zero attached hydrogens (tertiary/aromatic N) is 4. The number of allylic oxidation sites excluding steroid dienone is 1. The van der Waals surface area contributed by atoms with E-state index in [1.807, 2.05) is 60.7 Å². The fourth-order valence-corrected chi connectivity index (χ4v) is 9.80. The van der Waals surface area contributed by atoms with Crippen molar-refractivity contribution in [2.45, 2.75) is 31.6 Å². The van der Waals surface area contributed by atoms with Crippen LogP contribution in [0.1, 0.15) is 42.0 Å². The van der Waals surface area contributed by atoms with Gasteiger partial charge >= 0.3 is 0 Å². The first kappa shape index (κ1) is 29.9. The lowest BCUT2D eigenvalue weighted by Gasteiger charge is -2.29. The van der Waals surface area contributed by atoms with Crippen molar-refractivity contribution in [2.24, 2.45) is 0 Å². The number of benzene rings is 7. The molecule has 0 radical (unpaired) electrons. The monoisotopic (exact) mass is 690 g/mol. The van der Waals surface area contributed by atoms with E-state index in [1.165, 1.54) is 60.2 Å². The second-order valence-electron chi connectivity index (χ2n) is 15.6. The number of aromatic nitrogens is 4. The van der Waals surface area contributed by atoms with Crippen LogP contribution in [-0.2, 0) is 11.8 Å². The quantitative estimate of drug-likeness (QED) is 0.169. The van der Waals surface area contributed by atoms with Gasteiger partial charge < -0.3 is 4.57 Å². The largest absolute Gasteiger partial charge is 0.309 e. The van der Waals surface area contributed by atoms with E-state index in [2.05, 4.69) is 109 Å². The molecule has 0 spiro atoms. The molecule has 3 aliphatic carbocycles. The molecule has 0 bridgehead atoms. The first-order valence-corrected chi connectivity index (χ1v) is 18.9. The molecule has 2 aromatic heterocycles. The Kier molecular flexibility index (Phi) is 5.92. The molecule has 254 valence electrons. The molecular formula is C50H34N4. The number of hydrogen-bond donors (Lipinski definition) is 0. The molecule has 0 N–H and O–H groups in total. The van der Waals surface area contributed by atoms with Gasteiger partial charge in [0.15, 0.2) is 17.5 Å². The molecule has 0 saturated heterocycles. The molecule has 0 saturated carbocycles. The number of hydrogen-bond acceptors (Lipinski definition) is 3.